The second kappa shape index (κ2) is 5.08. The third-order valence-electron chi connectivity index (χ3n) is 3.38. The summed E-state index contributed by atoms with van der Waals surface area (Å²) in [6.45, 7) is 8.79. The van der Waals surface area contributed by atoms with Crippen LogP contribution in [-0.2, 0) is 4.79 Å². The van der Waals surface area contributed by atoms with Crippen molar-refractivity contribution in [1.82, 2.24) is 4.90 Å². The molecule has 1 fully saturated rings. The maximum Gasteiger partial charge on any atom is 0.138 e. The van der Waals surface area contributed by atoms with Gasteiger partial charge in [0, 0.05) is 25.4 Å². The number of carbonyl (C=O) groups is 1. The van der Waals surface area contributed by atoms with Gasteiger partial charge < -0.3 is 10.0 Å². The number of aliphatic hydroxyl groups is 1. The molecule has 0 bridgehead atoms. The van der Waals surface area contributed by atoms with Crippen molar-refractivity contribution in [3.05, 3.63) is 0 Å². The number of ketones is 1. The molecule has 0 saturated carbocycles. The van der Waals surface area contributed by atoms with E-state index in [0.29, 0.717) is 6.42 Å². The van der Waals surface area contributed by atoms with Crippen molar-refractivity contribution < 1.29 is 9.90 Å². The highest BCUT2D eigenvalue weighted by Crippen LogP contribution is 2.26. The lowest BCUT2D eigenvalue weighted by atomic mass is 9.84. The van der Waals surface area contributed by atoms with Crippen LogP contribution in [0.4, 0.5) is 0 Å². The number of hydrogen-bond donors (Lipinski definition) is 1. The van der Waals surface area contributed by atoms with Gasteiger partial charge in [-0.1, -0.05) is 20.8 Å². The Morgan fingerprint density at radius 1 is 1.40 bits per heavy atom. The number of Topliss-reactive ketones (excluding diaryl/α,β-unsaturated/α-hetero) is 1. The quantitative estimate of drug-likeness (QED) is 0.768. The van der Waals surface area contributed by atoms with Crippen LogP contribution >= 0.6 is 0 Å². The number of nitrogens with zero attached hydrogens (tertiary/aromatic N) is 1. The zero-order chi connectivity index (χ0) is 11.5. The molecule has 1 heterocycles. The van der Waals surface area contributed by atoms with Crippen molar-refractivity contribution in [2.24, 2.45) is 5.92 Å². The van der Waals surface area contributed by atoms with Crippen molar-refractivity contribution in [1.29, 1.82) is 0 Å². The largest absolute Gasteiger partial charge is 0.389 e. The molecule has 1 aliphatic heterocycles. The zero-order valence-corrected chi connectivity index (χ0v) is 10.1. The van der Waals surface area contributed by atoms with Crippen LogP contribution < -0.4 is 0 Å². The van der Waals surface area contributed by atoms with Crippen LogP contribution in [0.15, 0.2) is 0 Å². The molecule has 1 N–H and O–H groups in total. The summed E-state index contributed by atoms with van der Waals surface area (Å²) < 4.78 is 0. The highest BCUT2D eigenvalue weighted by Gasteiger charge is 2.34. The first-order valence-electron chi connectivity index (χ1n) is 5.94. The topological polar surface area (TPSA) is 40.5 Å². The third kappa shape index (κ3) is 3.58. The highest BCUT2D eigenvalue weighted by atomic mass is 16.3. The second-order valence-electron chi connectivity index (χ2n) is 4.96. The highest BCUT2D eigenvalue weighted by molar-refractivity contribution is 5.81. The summed E-state index contributed by atoms with van der Waals surface area (Å²) in [6, 6.07) is 0. The van der Waals surface area contributed by atoms with Crippen molar-refractivity contribution >= 4 is 5.78 Å². The van der Waals surface area contributed by atoms with Gasteiger partial charge in [-0.15, -0.1) is 0 Å². The van der Waals surface area contributed by atoms with Crippen LogP contribution in [0.5, 0.6) is 0 Å². The Balaban J connectivity index is 2.44. The zero-order valence-electron chi connectivity index (χ0n) is 10.1. The average molecular weight is 213 g/mol. The molecule has 3 nitrogen and oxygen atoms in total. The van der Waals surface area contributed by atoms with Crippen LogP contribution in [0, 0.1) is 5.92 Å². The molecule has 1 saturated heterocycles. The van der Waals surface area contributed by atoms with Gasteiger partial charge in [-0.05, 0) is 19.4 Å². The fraction of sp³-hybridized carbons (Fsp3) is 0.917. The van der Waals surface area contributed by atoms with Crippen LogP contribution in [0.3, 0.4) is 0 Å². The fourth-order valence-electron chi connectivity index (χ4n) is 1.99. The summed E-state index contributed by atoms with van der Waals surface area (Å²) >= 11 is 0. The summed E-state index contributed by atoms with van der Waals surface area (Å²) in [7, 11) is 0. The van der Waals surface area contributed by atoms with Gasteiger partial charge in [-0.25, -0.2) is 0 Å². The molecule has 0 radical (unpaired) electrons. The number of piperidine rings is 1. The summed E-state index contributed by atoms with van der Waals surface area (Å²) in [6.07, 6.45) is 1.81. The van der Waals surface area contributed by atoms with Gasteiger partial charge in [0.05, 0.1) is 5.60 Å². The molecular formula is C12H23NO2. The molecule has 0 unspecified atom stereocenters. The van der Waals surface area contributed by atoms with Crippen molar-refractivity contribution in [2.75, 3.05) is 19.6 Å². The summed E-state index contributed by atoms with van der Waals surface area (Å²) in [4.78, 5) is 13.9. The third-order valence-corrected chi connectivity index (χ3v) is 3.38. The Morgan fingerprint density at radius 2 is 1.93 bits per heavy atom. The Hall–Kier alpha value is -0.410. The average Bonchev–Trinajstić information content (AvgIpc) is 2.18. The number of hydrogen-bond acceptors (Lipinski definition) is 3. The molecule has 15 heavy (non-hydrogen) atoms. The lowest BCUT2D eigenvalue weighted by Crippen LogP contribution is -2.45. The van der Waals surface area contributed by atoms with Crippen molar-refractivity contribution in [3.63, 3.8) is 0 Å². The maximum absolute atomic E-state index is 11.6. The molecule has 1 rings (SSSR count). The standard InChI is InChI=1S/C12H23NO2/c1-4-13-7-5-12(15,6-8-13)9-11(14)10(2)3/h10,15H,4-9H2,1-3H3. The lowest BCUT2D eigenvalue weighted by Gasteiger charge is -2.37. The van der Waals surface area contributed by atoms with E-state index in [4.69, 9.17) is 0 Å². The Morgan fingerprint density at radius 3 is 2.33 bits per heavy atom. The molecule has 0 aliphatic carbocycles. The number of rotatable bonds is 4. The van der Waals surface area contributed by atoms with Crippen LogP contribution in [-0.4, -0.2) is 41.0 Å². The van der Waals surface area contributed by atoms with E-state index in [9.17, 15) is 9.90 Å². The summed E-state index contributed by atoms with van der Waals surface area (Å²) in [5.74, 6) is 0.223. The first-order chi connectivity index (χ1) is 6.97. The minimum atomic E-state index is -0.729. The first kappa shape index (κ1) is 12.7. The van der Waals surface area contributed by atoms with E-state index in [1.165, 1.54) is 0 Å². The van der Waals surface area contributed by atoms with Gasteiger partial charge in [0.1, 0.15) is 5.78 Å². The minimum absolute atomic E-state index is 0.0400. The molecule has 0 aromatic carbocycles. The van der Waals surface area contributed by atoms with E-state index < -0.39 is 5.60 Å². The number of carbonyl (C=O) groups excluding carboxylic acids is 1. The molecule has 0 atom stereocenters. The molecule has 0 amide bonds. The van der Waals surface area contributed by atoms with Gasteiger partial charge in [0.2, 0.25) is 0 Å². The SMILES string of the molecule is CCN1CCC(O)(CC(=O)C(C)C)CC1. The molecular weight excluding hydrogens is 190 g/mol. The lowest BCUT2D eigenvalue weighted by molar-refractivity contribution is -0.129. The summed E-state index contributed by atoms with van der Waals surface area (Å²) in [5.41, 5.74) is -0.729. The molecule has 1 aliphatic rings. The second-order valence-corrected chi connectivity index (χ2v) is 4.96. The normalized spacial score (nSPS) is 21.9. The van der Waals surface area contributed by atoms with E-state index in [0.717, 1.165) is 32.5 Å². The van der Waals surface area contributed by atoms with E-state index in [-0.39, 0.29) is 11.7 Å². The monoisotopic (exact) mass is 213 g/mol. The van der Waals surface area contributed by atoms with Crippen LogP contribution in [0.25, 0.3) is 0 Å². The molecule has 0 aromatic rings. The molecule has 88 valence electrons. The van der Waals surface area contributed by atoms with E-state index in [2.05, 4.69) is 11.8 Å². The number of likely N-dealkylation sites (tertiary alicyclic amines) is 1. The fourth-order valence-corrected chi connectivity index (χ4v) is 1.99. The summed E-state index contributed by atoms with van der Waals surface area (Å²) in [5, 5.41) is 10.3. The molecule has 3 heteroatoms. The first-order valence-corrected chi connectivity index (χ1v) is 5.94. The van der Waals surface area contributed by atoms with Crippen molar-refractivity contribution in [3.8, 4) is 0 Å². The molecule has 0 aromatic heterocycles. The van der Waals surface area contributed by atoms with E-state index in [1.807, 2.05) is 13.8 Å². The van der Waals surface area contributed by atoms with Crippen LogP contribution in [0.2, 0.25) is 0 Å². The van der Waals surface area contributed by atoms with E-state index >= 15 is 0 Å². The van der Waals surface area contributed by atoms with E-state index in [1.54, 1.807) is 0 Å². The van der Waals surface area contributed by atoms with Gasteiger partial charge in [-0.3, -0.25) is 4.79 Å². The van der Waals surface area contributed by atoms with Gasteiger partial charge in [-0.2, -0.15) is 0 Å². The molecule has 0 spiro atoms. The predicted octanol–water partition coefficient (Wildman–Crippen LogP) is 1.45. The maximum atomic E-state index is 11.6. The van der Waals surface area contributed by atoms with Gasteiger partial charge in [0.15, 0.2) is 0 Å². The minimum Gasteiger partial charge on any atom is -0.389 e. The Labute approximate surface area is 92.5 Å². The van der Waals surface area contributed by atoms with Crippen LogP contribution in [0.1, 0.15) is 40.0 Å². The van der Waals surface area contributed by atoms with Gasteiger partial charge in [0.25, 0.3) is 0 Å². The smallest absolute Gasteiger partial charge is 0.138 e. The van der Waals surface area contributed by atoms with Crippen molar-refractivity contribution in [2.45, 2.75) is 45.6 Å². The Kier molecular flexibility index (Phi) is 4.29. The Bertz CT molecular complexity index is 218. The van der Waals surface area contributed by atoms with Gasteiger partial charge >= 0.3 is 0 Å². The predicted molar refractivity (Wildman–Crippen MR) is 60.8 cm³/mol.